The van der Waals surface area contributed by atoms with Gasteiger partial charge >= 0.3 is 0 Å². The molecule has 21 heavy (non-hydrogen) atoms. The van der Waals surface area contributed by atoms with Gasteiger partial charge in [0.05, 0.1) is 13.2 Å². The first-order valence-corrected chi connectivity index (χ1v) is 7.07. The molecule has 2 heterocycles. The third-order valence-corrected chi connectivity index (χ3v) is 3.22. The van der Waals surface area contributed by atoms with Gasteiger partial charge in [0.1, 0.15) is 6.04 Å². The topological polar surface area (TPSA) is 83.5 Å². The molecule has 1 aromatic heterocycles. The Balaban J connectivity index is 2.13. The van der Waals surface area contributed by atoms with Crippen LogP contribution in [0.15, 0.2) is 0 Å². The predicted molar refractivity (Wildman–Crippen MR) is 79.6 cm³/mol. The number of amides is 1. The average molecular weight is 315 g/mol. The van der Waals surface area contributed by atoms with Crippen LogP contribution in [0.1, 0.15) is 6.92 Å². The Morgan fingerprint density at radius 1 is 1.33 bits per heavy atom. The maximum Gasteiger partial charge on any atom is 0.244 e. The molecule has 9 heteroatoms. The van der Waals surface area contributed by atoms with E-state index in [1.54, 1.807) is 21.0 Å². The van der Waals surface area contributed by atoms with Gasteiger partial charge in [0, 0.05) is 27.2 Å². The van der Waals surface area contributed by atoms with Crippen LogP contribution in [0.25, 0.3) is 0 Å². The summed E-state index contributed by atoms with van der Waals surface area (Å²) >= 11 is 5.94. The molecular formula is C12H19ClN6O2. The first-order chi connectivity index (χ1) is 9.97. The SMILES string of the molecule is CC(Nc1nc(Cl)nc(N2CCOCC2)n1)C(=O)N(C)C. The summed E-state index contributed by atoms with van der Waals surface area (Å²) in [6, 6.07) is -0.448. The lowest BCUT2D eigenvalue weighted by atomic mass is 10.3. The Bertz CT molecular complexity index is 507. The molecule has 1 amide bonds. The number of likely N-dealkylation sites (N-methyl/N-ethyl adjacent to an activating group) is 1. The zero-order valence-corrected chi connectivity index (χ0v) is 13.1. The van der Waals surface area contributed by atoms with E-state index >= 15 is 0 Å². The summed E-state index contributed by atoms with van der Waals surface area (Å²) in [5.41, 5.74) is 0. The quantitative estimate of drug-likeness (QED) is 0.853. The standard InChI is InChI=1S/C12H19ClN6O2/c1-8(9(20)18(2)3)14-11-15-10(13)16-12(17-11)19-4-6-21-7-5-19/h8H,4-7H2,1-3H3,(H,14,15,16,17). The van der Waals surface area contributed by atoms with Crippen molar-refractivity contribution in [1.29, 1.82) is 0 Å². The third kappa shape index (κ3) is 4.15. The van der Waals surface area contributed by atoms with Crippen LogP contribution in [-0.2, 0) is 9.53 Å². The maximum atomic E-state index is 11.9. The molecule has 116 valence electrons. The Labute approximate surface area is 128 Å². The molecule has 1 saturated heterocycles. The van der Waals surface area contributed by atoms with Gasteiger partial charge < -0.3 is 19.9 Å². The number of halogens is 1. The summed E-state index contributed by atoms with van der Waals surface area (Å²) in [4.78, 5) is 27.8. The van der Waals surface area contributed by atoms with Gasteiger partial charge in [-0.1, -0.05) is 0 Å². The van der Waals surface area contributed by atoms with Crippen LogP contribution in [0.3, 0.4) is 0 Å². The Kier molecular flexibility index (Phi) is 5.13. The molecule has 0 saturated carbocycles. The van der Waals surface area contributed by atoms with E-state index in [0.717, 1.165) is 0 Å². The lowest BCUT2D eigenvalue weighted by Gasteiger charge is -2.27. The highest BCUT2D eigenvalue weighted by molar-refractivity contribution is 6.28. The van der Waals surface area contributed by atoms with Crippen LogP contribution in [0, 0.1) is 0 Å². The van der Waals surface area contributed by atoms with Crippen molar-refractivity contribution in [1.82, 2.24) is 19.9 Å². The molecule has 1 aliphatic rings. The molecule has 2 rings (SSSR count). The maximum absolute atomic E-state index is 11.9. The minimum atomic E-state index is -0.448. The predicted octanol–water partition coefficient (Wildman–Crippen LogP) is 0.250. The summed E-state index contributed by atoms with van der Waals surface area (Å²) in [6.45, 7) is 4.40. The number of carbonyl (C=O) groups is 1. The van der Waals surface area contributed by atoms with Crippen molar-refractivity contribution in [3.05, 3.63) is 5.28 Å². The van der Waals surface area contributed by atoms with Crippen molar-refractivity contribution in [2.24, 2.45) is 0 Å². The number of nitrogens with zero attached hydrogens (tertiary/aromatic N) is 5. The summed E-state index contributed by atoms with van der Waals surface area (Å²) in [7, 11) is 3.39. The number of anilines is 2. The smallest absolute Gasteiger partial charge is 0.244 e. The fourth-order valence-corrected chi connectivity index (χ4v) is 2.11. The molecule has 1 fully saturated rings. The number of ether oxygens (including phenoxy) is 1. The second-order valence-electron chi connectivity index (χ2n) is 4.93. The number of hydrogen-bond acceptors (Lipinski definition) is 7. The molecule has 1 aliphatic heterocycles. The van der Waals surface area contributed by atoms with Gasteiger partial charge in [-0.25, -0.2) is 0 Å². The zero-order valence-electron chi connectivity index (χ0n) is 12.3. The van der Waals surface area contributed by atoms with E-state index in [2.05, 4.69) is 20.3 Å². The van der Waals surface area contributed by atoms with Crippen LogP contribution in [0.4, 0.5) is 11.9 Å². The van der Waals surface area contributed by atoms with Crippen LogP contribution >= 0.6 is 11.6 Å². The van der Waals surface area contributed by atoms with Gasteiger partial charge in [-0.05, 0) is 18.5 Å². The molecule has 1 unspecified atom stereocenters. The highest BCUT2D eigenvalue weighted by Gasteiger charge is 2.19. The minimum absolute atomic E-state index is 0.0699. The van der Waals surface area contributed by atoms with Gasteiger partial charge in [-0.15, -0.1) is 0 Å². The summed E-state index contributed by atoms with van der Waals surface area (Å²) in [5.74, 6) is 0.712. The fraction of sp³-hybridized carbons (Fsp3) is 0.667. The van der Waals surface area contributed by atoms with E-state index in [4.69, 9.17) is 16.3 Å². The van der Waals surface area contributed by atoms with Crippen molar-refractivity contribution < 1.29 is 9.53 Å². The molecule has 8 nitrogen and oxygen atoms in total. The van der Waals surface area contributed by atoms with Gasteiger partial charge in [0.15, 0.2) is 0 Å². The van der Waals surface area contributed by atoms with E-state index in [9.17, 15) is 4.79 Å². The Morgan fingerprint density at radius 3 is 2.62 bits per heavy atom. The summed E-state index contributed by atoms with van der Waals surface area (Å²) in [6.07, 6.45) is 0. The number of aromatic nitrogens is 3. The third-order valence-electron chi connectivity index (χ3n) is 3.05. The van der Waals surface area contributed by atoms with Gasteiger partial charge in [-0.3, -0.25) is 4.79 Å². The fourth-order valence-electron chi connectivity index (χ4n) is 1.95. The first kappa shape index (κ1) is 15.7. The highest BCUT2D eigenvalue weighted by Crippen LogP contribution is 2.15. The molecule has 0 bridgehead atoms. The van der Waals surface area contributed by atoms with Crippen molar-refractivity contribution >= 4 is 29.4 Å². The molecule has 1 atom stereocenters. The molecule has 1 N–H and O–H groups in total. The number of carbonyl (C=O) groups excluding carboxylic acids is 1. The molecule has 0 radical (unpaired) electrons. The molecule has 0 aromatic carbocycles. The van der Waals surface area contributed by atoms with Crippen LogP contribution in [-0.4, -0.2) is 72.2 Å². The zero-order chi connectivity index (χ0) is 15.4. The highest BCUT2D eigenvalue weighted by atomic mass is 35.5. The van der Waals surface area contributed by atoms with E-state index < -0.39 is 6.04 Å². The van der Waals surface area contributed by atoms with E-state index in [0.29, 0.717) is 38.2 Å². The van der Waals surface area contributed by atoms with E-state index in [-0.39, 0.29) is 11.2 Å². The van der Waals surface area contributed by atoms with Crippen molar-refractivity contribution in [3.63, 3.8) is 0 Å². The average Bonchev–Trinajstić information content (AvgIpc) is 2.46. The molecular weight excluding hydrogens is 296 g/mol. The Hall–Kier alpha value is -1.67. The van der Waals surface area contributed by atoms with Gasteiger partial charge in [-0.2, -0.15) is 15.0 Å². The molecule has 0 spiro atoms. The number of nitrogens with one attached hydrogen (secondary N) is 1. The second-order valence-corrected chi connectivity index (χ2v) is 5.26. The van der Waals surface area contributed by atoms with Crippen LogP contribution in [0.5, 0.6) is 0 Å². The number of hydrogen-bond donors (Lipinski definition) is 1. The molecule has 1 aromatic rings. The minimum Gasteiger partial charge on any atom is -0.378 e. The van der Waals surface area contributed by atoms with E-state index in [1.165, 1.54) is 4.90 Å². The molecule has 0 aliphatic carbocycles. The van der Waals surface area contributed by atoms with Crippen LogP contribution < -0.4 is 10.2 Å². The number of rotatable bonds is 4. The summed E-state index contributed by atoms with van der Waals surface area (Å²) < 4.78 is 5.29. The lowest BCUT2D eigenvalue weighted by molar-refractivity contribution is -0.129. The normalized spacial score (nSPS) is 16.5. The first-order valence-electron chi connectivity index (χ1n) is 6.69. The van der Waals surface area contributed by atoms with Crippen LogP contribution in [0.2, 0.25) is 5.28 Å². The van der Waals surface area contributed by atoms with Crippen molar-refractivity contribution in [3.8, 4) is 0 Å². The monoisotopic (exact) mass is 314 g/mol. The van der Waals surface area contributed by atoms with Crippen molar-refractivity contribution in [2.45, 2.75) is 13.0 Å². The van der Waals surface area contributed by atoms with E-state index in [1.807, 2.05) is 4.90 Å². The van der Waals surface area contributed by atoms with Gasteiger partial charge in [0.25, 0.3) is 0 Å². The van der Waals surface area contributed by atoms with Gasteiger partial charge in [0.2, 0.25) is 23.1 Å². The summed E-state index contributed by atoms with van der Waals surface area (Å²) in [5, 5.41) is 3.04. The van der Waals surface area contributed by atoms with Crippen molar-refractivity contribution in [2.75, 3.05) is 50.6 Å². The Morgan fingerprint density at radius 2 is 2.00 bits per heavy atom. The largest absolute Gasteiger partial charge is 0.378 e. The second kappa shape index (κ2) is 6.86. The number of morpholine rings is 1. The lowest BCUT2D eigenvalue weighted by Crippen LogP contribution is -2.39.